The summed E-state index contributed by atoms with van der Waals surface area (Å²) in [5.41, 5.74) is 0.880. The molecule has 1 amide bonds. The Morgan fingerprint density at radius 1 is 1.22 bits per heavy atom. The molecule has 2 atom stereocenters. The maximum atomic E-state index is 12.5. The summed E-state index contributed by atoms with van der Waals surface area (Å²) in [5.74, 6) is -0.182. The van der Waals surface area contributed by atoms with E-state index in [-0.39, 0.29) is 11.9 Å². The third-order valence-corrected chi connectivity index (χ3v) is 5.87. The summed E-state index contributed by atoms with van der Waals surface area (Å²) in [6.07, 6.45) is 1.29. The first-order valence-electron chi connectivity index (χ1n) is 9.16. The Balaban J connectivity index is 1.35. The number of thiophene rings is 1. The number of rotatable bonds is 6. The SMILES string of the molecule is O=C(NCc1ccccc1)C1=NO[C@]2(COCC[C@H]2NCc2cccs2)C1. The second kappa shape index (κ2) is 8.21. The number of ether oxygens (including phenoxy) is 1. The van der Waals surface area contributed by atoms with E-state index < -0.39 is 5.60 Å². The van der Waals surface area contributed by atoms with Gasteiger partial charge in [0, 0.05) is 31.0 Å². The molecule has 7 heteroatoms. The lowest BCUT2D eigenvalue weighted by atomic mass is 9.86. The maximum Gasteiger partial charge on any atom is 0.269 e. The van der Waals surface area contributed by atoms with Gasteiger partial charge in [0.05, 0.1) is 12.6 Å². The van der Waals surface area contributed by atoms with Crippen LogP contribution in [0.4, 0.5) is 0 Å². The van der Waals surface area contributed by atoms with Gasteiger partial charge in [0.15, 0.2) is 5.60 Å². The molecule has 2 aliphatic rings. The second-order valence-electron chi connectivity index (χ2n) is 6.89. The van der Waals surface area contributed by atoms with Gasteiger partial charge in [0.2, 0.25) is 0 Å². The Morgan fingerprint density at radius 2 is 2.11 bits per heavy atom. The molecule has 1 aromatic heterocycles. The maximum absolute atomic E-state index is 12.5. The van der Waals surface area contributed by atoms with Crippen molar-refractivity contribution >= 4 is 23.0 Å². The Kier molecular flexibility index (Phi) is 5.52. The number of oxime groups is 1. The summed E-state index contributed by atoms with van der Waals surface area (Å²) in [4.78, 5) is 19.6. The molecule has 2 aliphatic heterocycles. The largest absolute Gasteiger partial charge is 0.384 e. The van der Waals surface area contributed by atoms with Gasteiger partial charge in [-0.25, -0.2) is 0 Å². The molecule has 3 heterocycles. The van der Waals surface area contributed by atoms with Crippen molar-refractivity contribution in [1.29, 1.82) is 0 Å². The molecule has 0 saturated carbocycles. The molecule has 2 N–H and O–H groups in total. The molecule has 0 bridgehead atoms. The Bertz CT molecular complexity index is 794. The van der Waals surface area contributed by atoms with Crippen molar-refractivity contribution in [3.05, 3.63) is 58.3 Å². The Labute approximate surface area is 162 Å². The summed E-state index contributed by atoms with van der Waals surface area (Å²) < 4.78 is 5.66. The van der Waals surface area contributed by atoms with Crippen LogP contribution in [0.25, 0.3) is 0 Å². The van der Waals surface area contributed by atoms with Crippen LogP contribution in [0, 0.1) is 0 Å². The van der Waals surface area contributed by atoms with Crippen LogP contribution >= 0.6 is 11.3 Å². The minimum Gasteiger partial charge on any atom is -0.384 e. The average Bonchev–Trinajstić information content (AvgIpc) is 3.37. The van der Waals surface area contributed by atoms with Crippen LogP contribution in [0.15, 0.2) is 53.0 Å². The highest BCUT2D eigenvalue weighted by atomic mass is 32.1. The number of carbonyl (C=O) groups excluding carboxylic acids is 1. The van der Waals surface area contributed by atoms with Gasteiger partial charge in [-0.05, 0) is 23.4 Å². The molecule has 6 nitrogen and oxygen atoms in total. The number of benzene rings is 1. The van der Waals surface area contributed by atoms with E-state index >= 15 is 0 Å². The zero-order valence-electron chi connectivity index (χ0n) is 15.0. The zero-order valence-corrected chi connectivity index (χ0v) is 15.8. The van der Waals surface area contributed by atoms with Crippen LogP contribution in [-0.2, 0) is 27.5 Å². The molecule has 4 rings (SSSR count). The summed E-state index contributed by atoms with van der Waals surface area (Å²) in [7, 11) is 0. The van der Waals surface area contributed by atoms with Crippen LogP contribution in [-0.4, -0.2) is 36.5 Å². The third kappa shape index (κ3) is 4.21. The molecule has 142 valence electrons. The van der Waals surface area contributed by atoms with Crippen molar-refractivity contribution in [3.8, 4) is 0 Å². The van der Waals surface area contributed by atoms with Gasteiger partial charge in [-0.1, -0.05) is 41.6 Å². The molecule has 0 unspecified atom stereocenters. The standard InChI is InChI=1S/C20H23N3O3S/c24-19(22-12-15-5-2-1-3-6-15)17-11-20(26-23-17)14-25-9-8-18(20)21-13-16-7-4-10-27-16/h1-7,10,18,21H,8-9,11-14H2,(H,22,24)/t18-,20+/m1/s1. The molecule has 0 aliphatic carbocycles. The molecule has 1 aromatic carbocycles. The normalized spacial score (nSPS) is 24.4. The number of hydrogen-bond donors (Lipinski definition) is 2. The van der Waals surface area contributed by atoms with E-state index in [1.54, 1.807) is 11.3 Å². The van der Waals surface area contributed by atoms with Gasteiger partial charge in [0.1, 0.15) is 5.71 Å². The first kappa shape index (κ1) is 18.2. The van der Waals surface area contributed by atoms with E-state index in [0.29, 0.717) is 31.9 Å². The lowest BCUT2D eigenvalue weighted by Gasteiger charge is -2.38. The van der Waals surface area contributed by atoms with Crippen LogP contribution < -0.4 is 10.6 Å². The lowest BCUT2D eigenvalue weighted by molar-refractivity contribution is -0.131. The Hall–Kier alpha value is -2.22. The molecule has 1 fully saturated rings. The fourth-order valence-electron chi connectivity index (χ4n) is 3.49. The smallest absolute Gasteiger partial charge is 0.269 e. The minimum absolute atomic E-state index is 0.0940. The van der Waals surface area contributed by atoms with Crippen LogP contribution in [0.2, 0.25) is 0 Å². The number of amides is 1. The monoisotopic (exact) mass is 385 g/mol. The molecular formula is C20H23N3O3S. The average molecular weight is 385 g/mol. The zero-order chi connectivity index (χ0) is 18.5. The Morgan fingerprint density at radius 3 is 2.93 bits per heavy atom. The molecule has 2 aromatic rings. The van der Waals surface area contributed by atoms with Crippen molar-refractivity contribution in [2.75, 3.05) is 13.2 Å². The molecule has 0 radical (unpaired) electrons. The fourth-order valence-corrected chi connectivity index (χ4v) is 4.15. The van der Waals surface area contributed by atoms with E-state index in [4.69, 9.17) is 9.57 Å². The summed E-state index contributed by atoms with van der Waals surface area (Å²) >= 11 is 1.73. The summed E-state index contributed by atoms with van der Waals surface area (Å²) in [5, 5.41) is 12.7. The predicted molar refractivity (Wildman–Crippen MR) is 105 cm³/mol. The molecular weight excluding hydrogens is 362 g/mol. The highest BCUT2D eigenvalue weighted by Crippen LogP contribution is 2.33. The topological polar surface area (TPSA) is 72.0 Å². The number of carbonyl (C=O) groups is 1. The van der Waals surface area contributed by atoms with Crippen LogP contribution in [0.1, 0.15) is 23.3 Å². The van der Waals surface area contributed by atoms with E-state index in [1.165, 1.54) is 4.88 Å². The third-order valence-electron chi connectivity index (χ3n) is 5.00. The molecule has 1 spiro atoms. The molecule has 1 saturated heterocycles. The van der Waals surface area contributed by atoms with Crippen LogP contribution in [0.5, 0.6) is 0 Å². The van der Waals surface area contributed by atoms with Gasteiger partial charge in [-0.15, -0.1) is 11.3 Å². The van der Waals surface area contributed by atoms with Crippen molar-refractivity contribution < 1.29 is 14.4 Å². The second-order valence-corrected chi connectivity index (χ2v) is 7.93. The number of hydrogen-bond acceptors (Lipinski definition) is 6. The van der Waals surface area contributed by atoms with Crippen LogP contribution in [0.3, 0.4) is 0 Å². The lowest BCUT2D eigenvalue weighted by Crippen LogP contribution is -2.57. The van der Waals surface area contributed by atoms with E-state index in [0.717, 1.165) is 18.5 Å². The van der Waals surface area contributed by atoms with E-state index in [9.17, 15) is 4.79 Å². The number of nitrogens with one attached hydrogen (secondary N) is 2. The summed E-state index contributed by atoms with van der Waals surface area (Å²) in [6.45, 7) is 2.38. The minimum atomic E-state index is -0.602. The van der Waals surface area contributed by atoms with E-state index in [1.807, 2.05) is 36.4 Å². The predicted octanol–water partition coefficient (Wildman–Crippen LogP) is 2.46. The van der Waals surface area contributed by atoms with Gasteiger partial charge in [-0.3, -0.25) is 4.79 Å². The van der Waals surface area contributed by atoms with Crippen molar-refractivity contribution in [2.45, 2.75) is 37.6 Å². The quantitative estimate of drug-likeness (QED) is 0.801. The highest BCUT2D eigenvalue weighted by molar-refractivity contribution is 7.09. The van der Waals surface area contributed by atoms with Gasteiger partial charge in [-0.2, -0.15) is 0 Å². The van der Waals surface area contributed by atoms with E-state index in [2.05, 4.69) is 27.2 Å². The fraction of sp³-hybridized carbons (Fsp3) is 0.400. The first-order valence-corrected chi connectivity index (χ1v) is 10.0. The molecule has 27 heavy (non-hydrogen) atoms. The summed E-state index contributed by atoms with van der Waals surface area (Å²) in [6, 6.07) is 14.1. The number of nitrogens with zero attached hydrogens (tertiary/aromatic N) is 1. The van der Waals surface area contributed by atoms with Crippen molar-refractivity contribution in [1.82, 2.24) is 10.6 Å². The van der Waals surface area contributed by atoms with Gasteiger partial charge < -0.3 is 20.2 Å². The van der Waals surface area contributed by atoms with Gasteiger partial charge >= 0.3 is 0 Å². The van der Waals surface area contributed by atoms with Crippen molar-refractivity contribution in [2.24, 2.45) is 5.16 Å². The highest BCUT2D eigenvalue weighted by Gasteiger charge is 2.49. The van der Waals surface area contributed by atoms with Gasteiger partial charge in [0.25, 0.3) is 5.91 Å². The first-order chi connectivity index (χ1) is 13.3. The van der Waals surface area contributed by atoms with Crippen molar-refractivity contribution in [3.63, 3.8) is 0 Å².